The molecule has 0 unspecified atom stereocenters. The predicted octanol–water partition coefficient (Wildman–Crippen LogP) is 6.34. The molecule has 1 aliphatic rings. The van der Waals surface area contributed by atoms with Crippen molar-refractivity contribution in [2.45, 2.75) is 117 Å². The summed E-state index contributed by atoms with van der Waals surface area (Å²) in [5.74, 6) is -0.520. The molecule has 140 valence electrons. The van der Waals surface area contributed by atoms with E-state index in [0.29, 0.717) is 12.8 Å². The molecule has 1 heterocycles. The van der Waals surface area contributed by atoms with Crippen LogP contribution in [0.2, 0.25) is 0 Å². The zero-order chi connectivity index (χ0) is 17.7. The minimum atomic E-state index is -0.771. The summed E-state index contributed by atoms with van der Waals surface area (Å²) in [6, 6.07) is 0. The zero-order valence-corrected chi connectivity index (χ0v) is 16.0. The largest absolute Gasteiger partial charge is 0.391 e. The van der Waals surface area contributed by atoms with E-state index < -0.39 is 5.41 Å². The molecule has 0 bridgehead atoms. The van der Waals surface area contributed by atoms with E-state index in [1.807, 2.05) is 0 Å². The van der Waals surface area contributed by atoms with Crippen molar-refractivity contribution in [3.63, 3.8) is 0 Å². The van der Waals surface area contributed by atoms with E-state index in [-0.39, 0.29) is 11.9 Å². The summed E-state index contributed by atoms with van der Waals surface area (Å²) < 4.78 is 4.70. The molecule has 0 N–H and O–H groups in total. The fourth-order valence-corrected chi connectivity index (χ4v) is 3.62. The molecule has 0 atom stereocenters. The Hall–Kier alpha value is -0.860. The number of unbranched alkanes of at least 4 members (excludes halogenated alkanes) is 12. The fourth-order valence-electron chi connectivity index (χ4n) is 3.62. The Labute approximate surface area is 148 Å². The molecular weight excluding hydrogens is 300 g/mol. The average molecular weight is 339 g/mol. The Balaban J connectivity index is 2.19. The molecule has 3 nitrogen and oxygen atoms in total. The maximum absolute atomic E-state index is 11.9. The van der Waals surface area contributed by atoms with Crippen molar-refractivity contribution in [2.75, 3.05) is 0 Å². The average Bonchev–Trinajstić information content (AvgIpc) is 2.58. The highest BCUT2D eigenvalue weighted by Crippen LogP contribution is 2.41. The molecule has 1 rings (SSSR count). The summed E-state index contributed by atoms with van der Waals surface area (Å²) in [7, 11) is 0. The molecule has 0 aromatic carbocycles. The maximum atomic E-state index is 11.9. The summed E-state index contributed by atoms with van der Waals surface area (Å²) in [5.41, 5.74) is -0.771. The molecule has 1 aliphatic heterocycles. The van der Waals surface area contributed by atoms with Crippen LogP contribution in [0.25, 0.3) is 0 Å². The first kappa shape index (κ1) is 21.2. The summed E-state index contributed by atoms with van der Waals surface area (Å²) in [6.45, 7) is 4.45. The van der Waals surface area contributed by atoms with E-state index in [1.165, 1.54) is 64.2 Å². The van der Waals surface area contributed by atoms with Crippen molar-refractivity contribution >= 4 is 11.9 Å². The first-order valence-corrected chi connectivity index (χ1v) is 10.4. The second-order valence-electron chi connectivity index (χ2n) is 7.50. The van der Waals surface area contributed by atoms with Crippen molar-refractivity contribution in [1.82, 2.24) is 0 Å². The lowest BCUT2D eigenvalue weighted by atomic mass is 9.74. The quantitative estimate of drug-likeness (QED) is 0.187. The van der Waals surface area contributed by atoms with Gasteiger partial charge in [-0.1, -0.05) is 104 Å². The van der Waals surface area contributed by atoms with Gasteiger partial charge in [-0.05, 0) is 12.8 Å². The second-order valence-corrected chi connectivity index (χ2v) is 7.50. The van der Waals surface area contributed by atoms with Crippen LogP contribution in [-0.4, -0.2) is 11.9 Å². The van der Waals surface area contributed by atoms with E-state index in [2.05, 4.69) is 13.8 Å². The molecule has 0 saturated carbocycles. The normalized spacial score (nSPS) is 16.1. The van der Waals surface area contributed by atoms with Crippen LogP contribution in [0.15, 0.2) is 0 Å². The van der Waals surface area contributed by atoms with E-state index in [4.69, 9.17) is 4.74 Å². The number of hydrogen-bond donors (Lipinski definition) is 0. The van der Waals surface area contributed by atoms with Crippen molar-refractivity contribution in [2.24, 2.45) is 5.41 Å². The van der Waals surface area contributed by atoms with E-state index in [9.17, 15) is 9.59 Å². The minimum absolute atomic E-state index is 0.260. The Morgan fingerprint density at radius 1 is 0.583 bits per heavy atom. The number of ether oxygens (including phenoxy) is 1. The van der Waals surface area contributed by atoms with Crippen LogP contribution in [0.5, 0.6) is 0 Å². The van der Waals surface area contributed by atoms with Gasteiger partial charge in [-0.3, -0.25) is 9.59 Å². The van der Waals surface area contributed by atoms with Crippen LogP contribution in [0.3, 0.4) is 0 Å². The van der Waals surface area contributed by atoms with Crippen molar-refractivity contribution in [3.05, 3.63) is 0 Å². The van der Waals surface area contributed by atoms with Gasteiger partial charge < -0.3 is 4.74 Å². The highest BCUT2D eigenvalue weighted by atomic mass is 16.6. The number of cyclic esters (lactones) is 2. The Morgan fingerprint density at radius 2 is 0.917 bits per heavy atom. The lowest BCUT2D eigenvalue weighted by Crippen LogP contribution is -2.53. The van der Waals surface area contributed by atoms with Gasteiger partial charge in [-0.2, -0.15) is 0 Å². The van der Waals surface area contributed by atoms with Crippen LogP contribution in [0.1, 0.15) is 117 Å². The Bertz CT molecular complexity index is 328. The topological polar surface area (TPSA) is 43.4 Å². The molecule has 0 aromatic rings. The highest BCUT2D eigenvalue weighted by molar-refractivity contribution is 6.13. The van der Waals surface area contributed by atoms with Gasteiger partial charge in [0.1, 0.15) is 0 Å². The van der Waals surface area contributed by atoms with Gasteiger partial charge >= 0.3 is 11.9 Å². The lowest BCUT2D eigenvalue weighted by Gasteiger charge is -2.36. The SMILES string of the molecule is CCCCCCCCCC1(CCCCCCCCC)C(=O)OC1=O. The summed E-state index contributed by atoms with van der Waals surface area (Å²) >= 11 is 0. The van der Waals surface area contributed by atoms with Crippen molar-refractivity contribution < 1.29 is 14.3 Å². The number of carbonyl (C=O) groups excluding carboxylic acids is 2. The smallest absolute Gasteiger partial charge is 0.331 e. The standard InChI is InChI=1S/C21H38O3/c1-3-5-7-9-11-13-15-17-21(19(22)24-20(21)23)18-16-14-12-10-8-6-4-2/h3-18H2,1-2H3. The lowest BCUT2D eigenvalue weighted by molar-refractivity contribution is -0.198. The van der Waals surface area contributed by atoms with Gasteiger partial charge in [0.15, 0.2) is 5.41 Å². The van der Waals surface area contributed by atoms with Crippen LogP contribution < -0.4 is 0 Å². The fraction of sp³-hybridized carbons (Fsp3) is 0.905. The van der Waals surface area contributed by atoms with E-state index in [1.54, 1.807) is 0 Å². The number of rotatable bonds is 16. The summed E-state index contributed by atoms with van der Waals surface area (Å²) in [6.07, 6.45) is 18.4. The van der Waals surface area contributed by atoms with Gasteiger partial charge in [0.2, 0.25) is 0 Å². The molecule has 0 aromatic heterocycles. The van der Waals surface area contributed by atoms with Crippen LogP contribution in [0, 0.1) is 5.41 Å². The number of carbonyl (C=O) groups is 2. The van der Waals surface area contributed by atoms with E-state index in [0.717, 1.165) is 25.7 Å². The zero-order valence-electron chi connectivity index (χ0n) is 16.0. The Morgan fingerprint density at radius 3 is 1.25 bits per heavy atom. The molecule has 1 saturated heterocycles. The van der Waals surface area contributed by atoms with Gasteiger partial charge in [0.05, 0.1) is 0 Å². The van der Waals surface area contributed by atoms with Crippen molar-refractivity contribution in [3.8, 4) is 0 Å². The molecule has 0 spiro atoms. The molecule has 3 heteroatoms. The van der Waals surface area contributed by atoms with Crippen LogP contribution >= 0.6 is 0 Å². The molecule has 0 aliphatic carbocycles. The second kappa shape index (κ2) is 12.5. The molecule has 0 radical (unpaired) electrons. The van der Waals surface area contributed by atoms with Gasteiger partial charge in [-0.25, -0.2) is 0 Å². The van der Waals surface area contributed by atoms with Gasteiger partial charge in [0, 0.05) is 0 Å². The highest BCUT2D eigenvalue weighted by Gasteiger charge is 2.57. The number of esters is 2. The molecular formula is C21H38O3. The number of hydrogen-bond acceptors (Lipinski definition) is 3. The predicted molar refractivity (Wildman–Crippen MR) is 98.8 cm³/mol. The third kappa shape index (κ3) is 6.94. The molecule has 0 amide bonds. The van der Waals surface area contributed by atoms with E-state index >= 15 is 0 Å². The first-order chi connectivity index (χ1) is 11.7. The monoisotopic (exact) mass is 338 g/mol. The third-order valence-electron chi connectivity index (χ3n) is 5.38. The third-order valence-corrected chi connectivity index (χ3v) is 5.38. The molecule has 1 fully saturated rings. The minimum Gasteiger partial charge on any atom is -0.391 e. The first-order valence-electron chi connectivity index (χ1n) is 10.4. The van der Waals surface area contributed by atoms with Crippen LogP contribution in [-0.2, 0) is 14.3 Å². The summed E-state index contributed by atoms with van der Waals surface area (Å²) in [5, 5.41) is 0. The van der Waals surface area contributed by atoms with Crippen molar-refractivity contribution in [1.29, 1.82) is 0 Å². The van der Waals surface area contributed by atoms with Crippen LogP contribution in [0.4, 0.5) is 0 Å². The summed E-state index contributed by atoms with van der Waals surface area (Å²) in [4.78, 5) is 23.9. The van der Waals surface area contributed by atoms with Gasteiger partial charge in [-0.15, -0.1) is 0 Å². The molecule has 24 heavy (non-hydrogen) atoms. The Kier molecular flexibility index (Phi) is 11.0. The van der Waals surface area contributed by atoms with Gasteiger partial charge in [0.25, 0.3) is 0 Å². The maximum Gasteiger partial charge on any atom is 0.331 e.